The van der Waals surface area contributed by atoms with Gasteiger partial charge in [0.05, 0.1) is 5.92 Å². The summed E-state index contributed by atoms with van der Waals surface area (Å²) in [6.45, 7) is 3.81. The SMILES string of the molecule is CCC1OC(=O)C(=O)C1CC. The molecule has 0 aromatic carbocycles. The fraction of sp³-hybridized carbons (Fsp3) is 0.750. The minimum absolute atomic E-state index is 0.167. The van der Waals surface area contributed by atoms with Crippen LogP contribution in [0.5, 0.6) is 0 Å². The van der Waals surface area contributed by atoms with E-state index in [1.165, 1.54) is 0 Å². The predicted octanol–water partition coefficient (Wildman–Crippen LogP) is 0.917. The van der Waals surface area contributed by atoms with Crippen LogP contribution < -0.4 is 0 Å². The van der Waals surface area contributed by atoms with Crippen molar-refractivity contribution in [3.8, 4) is 0 Å². The Balaban J connectivity index is 2.72. The Morgan fingerprint density at radius 3 is 2.27 bits per heavy atom. The third-order valence-corrected chi connectivity index (χ3v) is 2.09. The number of rotatable bonds is 2. The lowest BCUT2D eigenvalue weighted by Crippen LogP contribution is -2.18. The number of cyclic esters (lactones) is 1. The van der Waals surface area contributed by atoms with Crippen molar-refractivity contribution in [2.75, 3.05) is 0 Å². The van der Waals surface area contributed by atoms with Crippen LogP contribution >= 0.6 is 0 Å². The molecule has 0 aromatic rings. The number of esters is 1. The Morgan fingerprint density at radius 2 is 1.91 bits per heavy atom. The van der Waals surface area contributed by atoms with Crippen LogP contribution in [0.3, 0.4) is 0 Å². The molecule has 0 saturated carbocycles. The molecular weight excluding hydrogens is 144 g/mol. The van der Waals surface area contributed by atoms with Crippen molar-refractivity contribution in [2.45, 2.75) is 32.8 Å². The molecule has 3 nitrogen and oxygen atoms in total. The van der Waals surface area contributed by atoms with Crippen molar-refractivity contribution < 1.29 is 14.3 Å². The molecule has 1 saturated heterocycles. The van der Waals surface area contributed by atoms with Gasteiger partial charge in [-0.25, -0.2) is 4.79 Å². The van der Waals surface area contributed by atoms with E-state index in [0.717, 1.165) is 6.42 Å². The standard InChI is InChI=1S/C8H12O3/c1-3-5-6(4-2)11-8(10)7(5)9/h5-6H,3-4H2,1-2H3. The second-order valence-corrected chi connectivity index (χ2v) is 2.73. The van der Waals surface area contributed by atoms with E-state index in [1.54, 1.807) is 0 Å². The average Bonchev–Trinajstić information content (AvgIpc) is 2.28. The molecule has 2 unspecified atom stereocenters. The number of carbonyl (C=O) groups excluding carboxylic acids is 2. The minimum atomic E-state index is -0.649. The molecule has 0 spiro atoms. The molecule has 62 valence electrons. The van der Waals surface area contributed by atoms with Gasteiger partial charge in [-0.3, -0.25) is 4.79 Å². The third-order valence-electron chi connectivity index (χ3n) is 2.09. The first-order chi connectivity index (χ1) is 5.20. The fourth-order valence-electron chi connectivity index (χ4n) is 1.41. The molecule has 0 radical (unpaired) electrons. The lowest BCUT2D eigenvalue weighted by molar-refractivity contribution is -0.148. The summed E-state index contributed by atoms with van der Waals surface area (Å²) in [5.74, 6) is -1.18. The topological polar surface area (TPSA) is 43.4 Å². The summed E-state index contributed by atoms with van der Waals surface area (Å²) in [4.78, 5) is 21.8. The van der Waals surface area contributed by atoms with Crippen molar-refractivity contribution in [3.63, 3.8) is 0 Å². The highest BCUT2D eigenvalue weighted by Gasteiger charge is 2.40. The monoisotopic (exact) mass is 156 g/mol. The summed E-state index contributed by atoms with van der Waals surface area (Å²) in [6, 6.07) is 0. The van der Waals surface area contributed by atoms with Crippen LogP contribution in [0.15, 0.2) is 0 Å². The van der Waals surface area contributed by atoms with Crippen LogP contribution in [0.4, 0.5) is 0 Å². The maximum Gasteiger partial charge on any atom is 0.375 e. The molecule has 0 aromatic heterocycles. The summed E-state index contributed by atoms with van der Waals surface area (Å²) >= 11 is 0. The number of carbonyl (C=O) groups is 2. The Kier molecular flexibility index (Phi) is 2.27. The number of Topliss-reactive ketones (excluding diaryl/α,β-unsaturated/α-hetero) is 1. The first-order valence-corrected chi connectivity index (χ1v) is 3.95. The third kappa shape index (κ3) is 1.27. The highest BCUT2D eigenvalue weighted by molar-refractivity contribution is 6.36. The fourth-order valence-corrected chi connectivity index (χ4v) is 1.41. The maximum absolute atomic E-state index is 11.0. The van der Waals surface area contributed by atoms with Crippen LogP contribution in [0.1, 0.15) is 26.7 Å². The van der Waals surface area contributed by atoms with Gasteiger partial charge in [-0.1, -0.05) is 13.8 Å². The van der Waals surface area contributed by atoms with E-state index in [9.17, 15) is 9.59 Å². The Labute approximate surface area is 65.7 Å². The van der Waals surface area contributed by atoms with E-state index in [-0.39, 0.29) is 17.8 Å². The van der Waals surface area contributed by atoms with E-state index in [0.29, 0.717) is 6.42 Å². The molecule has 1 fully saturated rings. The number of ketones is 1. The van der Waals surface area contributed by atoms with Gasteiger partial charge in [-0.15, -0.1) is 0 Å². The van der Waals surface area contributed by atoms with Gasteiger partial charge in [0.15, 0.2) is 0 Å². The quantitative estimate of drug-likeness (QED) is 0.441. The summed E-state index contributed by atoms with van der Waals surface area (Å²) in [6.07, 6.45) is 1.26. The second kappa shape index (κ2) is 3.03. The normalized spacial score (nSPS) is 30.7. The van der Waals surface area contributed by atoms with Crippen molar-refractivity contribution in [2.24, 2.45) is 5.92 Å². The molecule has 1 aliphatic rings. The van der Waals surface area contributed by atoms with Gasteiger partial charge in [0, 0.05) is 0 Å². The van der Waals surface area contributed by atoms with E-state index < -0.39 is 5.97 Å². The molecule has 0 amide bonds. The zero-order valence-electron chi connectivity index (χ0n) is 6.79. The summed E-state index contributed by atoms with van der Waals surface area (Å²) in [5.41, 5.74) is 0. The Hall–Kier alpha value is -0.860. The van der Waals surface area contributed by atoms with Crippen LogP contribution in [-0.2, 0) is 14.3 Å². The first-order valence-electron chi connectivity index (χ1n) is 3.95. The smallest absolute Gasteiger partial charge is 0.375 e. The molecule has 1 aliphatic heterocycles. The average molecular weight is 156 g/mol. The minimum Gasteiger partial charge on any atom is -0.456 e. The Morgan fingerprint density at radius 1 is 1.27 bits per heavy atom. The van der Waals surface area contributed by atoms with Crippen LogP contribution in [0.2, 0.25) is 0 Å². The predicted molar refractivity (Wildman–Crippen MR) is 39.0 cm³/mol. The summed E-state index contributed by atoms with van der Waals surface area (Å²) in [5, 5.41) is 0. The number of hydrogen-bond donors (Lipinski definition) is 0. The van der Waals surface area contributed by atoms with Crippen molar-refractivity contribution in [3.05, 3.63) is 0 Å². The number of ether oxygens (including phenoxy) is 1. The first kappa shape index (κ1) is 8.24. The zero-order valence-corrected chi connectivity index (χ0v) is 6.79. The van der Waals surface area contributed by atoms with Crippen molar-refractivity contribution in [1.29, 1.82) is 0 Å². The molecule has 1 rings (SSSR count). The molecule has 0 bridgehead atoms. The maximum atomic E-state index is 11.0. The van der Waals surface area contributed by atoms with Gasteiger partial charge in [0.1, 0.15) is 6.10 Å². The summed E-state index contributed by atoms with van der Waals surface area (Å²) in [7, 11) is 0. The number of hydrogen-bond acceptors (Lipinski definition) is 3. The summed E-state index contributed by atoms with van der Waals surface area (Å²) < 4.78 is 4.84. The van der Waals surface area contributed by atoms with Gasteiger partial charge in [-0.2, -0.15) is 0 Å². The molecule has 0 N–H and O–H groups in total. The highest BCUT2D eigenvalue weighted by Crippen LogP contribution is 2.23. The molecule has 11 heavy (non-hydrogen) atoms. The highest BCUT2D eigenvalue weighted by atomic mass is 16.6. The van der Waals surface area contributed by atoms with E-state index in [4.69, 9.17) is 4.74 Å². The van der Waals surface area contributed by atoms with Gasteiger partial charge in [0.2, 0.25) is 5.78 Å². The van der Waals surface area contributed by atoms with E-state index >= 15 is 0 Å². The molecule has 1 heterocycles. The molecule has 2 atom stereocenters. The lowest BCUT2D eigenvalue weighted by atomic mass is 9.96. The van der Waals surface area contributed by atoms with Gasteiger partial charge in [-0.05, 0) is 12.8 Å². The van der Waals surface area contributed by atoms with E-state index in [2.05, 4.69) is 0 Å². The second-order valence-electron chi connectivity index (χ2n) is 2.73. The lowest BCUT2D eigenvalue weighted by Gasteiger charge is -2.10. The zero-order chi connectivity index (χ0) is 8.43. The molecule has 0 aliphatic carbocycles. The van der Waals surface area contributed by atoms with Crippen molar-refractivity contribution in [1.82, 2.24) is 0 Å². The molecule has 3 heteroatoms. The van der Waals surface area contributed by atoms with Crippen LogP contribution in [-0.4, -0.2) is 17.9 Å². The Bertz CT molecular complexity index is 186. The van der Waals surface area contributed by atoms with Gasteiger partial charge >= 0.3 is 5.97 Å². The van der Waals surface area contributed by atoms with E-state index in [1.807, 2.05) is 13.8 Å². The van der Waals surface area contributed by atoms with Crippen LogP contribution in [0, 0.1) is 5.92 Å². The van der Waals surface area contributed by atoms with Gasteiger partial charge in [0.25, 0.3) is 0 Å². The largest absolute Gasteiger partial charge is 0.456 e. The van der Waals surface area contributed by atoms with Gasteiger partial charge < -0.3 is 4.74 Å². The molecular formula is C8H12O3. The van der Waals surface area contributed by atoms with Crippen LogP contribution in [0.25, 0.3) is 0 Å². The van der Waals surface area contributed by atoms with Crippen molar-refractivity contribution >= 4 is 11.8 Å².